The first-order chi connectivity index (χ1) is 13.4. The van der Waals surface area contributed by atoms with Crippen LogP contribution in [0.1, 0.15) is 20.7 Å². The van der Waals surface area contributed by atoms with Crippen LogP contribution in [0.2, 0.25) is 0 Å². The van der Waals surface area contributed by atoms with Crippen molar-refractivity contribution in [3.8, 4) is 0 Å². The van der Waals surface area contributed by atoms with Crippen LogP contribution in [0, 0.1) is 0 Å². The summed E-state index contributed by atoms with van der Waals surface area (Å²) in [7, 11) is -2.29. The van der Waals surface area contributed by atoms with Crippen LogP contribution < -0.4 is 5.32 Å². The maximum atomic E-state index is 12.6. The maximum Gasteiger partial charge on any atom is 0.337 e. The average molecular weight is 404 g/mol. The van der Waals surface area contributed by atoms with Crippen LogP contribution in [0.3, 0.4) is 0 Å². The lowest BCUT2D eigenvalue weighted by molar-refractivity contribution is 0.0600. The second kappa shape index (κ2) is 8.51. The smallest absolute Gasteiger partial charge is 0.337 e. The van der Waals surface area contributed by atoms with Crippen molar-refractivity contribution in [3.05, 3.63) is 59.7 Å². The summed E-state index contributed by atoms with van der Waals surface area (Å²) in [5.74, 6) is -0.857. The van der Waals surface area contributed by atoms with Gasteiger partial charge >= 0.3 is 5.97 Å². The standard InChI is InChI=1S/C19H20N2O6S/c1-26-19(23)15-4-2-14(3-5-15)18(22)20-16-6-8-17(9-7-16)28(24,25)21-10-12-27-13-11-21/h2-9H,10-13H2,1H3,(H,20,22). The number of amides is 1. The summed E-state index contributed by atoms with van der Waals surface area (Å²) in [4.78, 5) is 23.9. The van der Waals surface area contributed by atoms with Gasteiger partial charge in [0.25, 0.3) is 5.91 Å². The number of nitrogens with one attached hydrogen (secondary N) is 1. The summed E-state index contributed by atoms with van der Waals surface area (Å²) in [5, 5.41) is 2.70. The molecule has 1 N–H and O–H groups in total. The molecule has 28 heavy (non-hydrogen) atoms. The van der Waals surface area contributed by atoms with Gasteiger partial charge in [0.05, 0.1) is 30.8 Å². The molecule has 1 fully saturated rings. The van der Waals surface area contributed by atoms with Gasteiger partial charge in [-0.3, -0.25) is 4.79 Å². The largest absolute Gasteiger partial charge is 0.465 e. The molecule has 0 unspecified atom stereocenters. The number of hydrogen-bond donors (Lipinski definition) is 1. The van der Waals surface area contributed by atoms with E-state index in [-0.39, 0.29) is 10.8 Å². The van der Waals surface area contributed by atoms with Gasteiger partial charge in [0.15, 0.2) is 0 Å². The molecule has 1 saturated heterocycles. The van der Waals surface area contributed by atoms with Crippen molar-refractivity contribution in [2.75, 3.05) is 38.7 Å². The number of ether oxygens (including phenoxy) is 2. The van der Waals surface area contributed by atoms with E-state index in [1.165, 1.54) is 59.9 Å². The lowest BCUT2D eigenvalue weighted by Crippen LogP contribution is -2.40. The quantitative estimate of drug-likeness (QED) is 0.762. The Bertz CT molecular complexity index is 949. The minimum absolute atomic E-state index is 0.162. The zero-order chi connectivity index (χ0) is 20.1. The van der Waals surface area contributed by atoms with E-state index in [9.17, 15) is 18.0 Å². The van der Waals surface area contributed by atoms with E-state index < -0.39 is 16.0 Å². The number of rotatable bonds is 5. The topological polar surface area (TPSA) is 102 Å². The van der Waals surface area contributed by atoms with Crippen molar-refractivity contribution in [1.29, 1.82) is 0 Å². The van der Waals surface area contributed by atoms with Crippen LogP contribution >= 0.6 is 0 Å². The van der Waals surface area contributed by atoms with Gasteiger partial charge in [0, 0.05) is 24.3 Å². The van der Waals surface area contributed by atoms with Crippen molar-refractivity contribution in [2.24, 2.45) is 0 Å². The van der Waals surface area contributed by atoms with Gasteiger partial charge in [-0.2, -0.15) is 4.31 Å². The third kappa shape index (κ3) is 4.38. The molecule has 0 bridgehead atoms. The van der Waals surface area contributed by atoms with Crippen LogP contribution in [0.15, 0.2) is 53.4 Å². The predicted molar refractivity (Wildman–Crippen MR) is 102 cm³/mol. The van der Waals surface area contributed by atoms with E-state index in [2.05, 4.69) is 10.1 Å². The van der Waals surface area contributed by atoms with Gasteiger partial charge < -0.3 is 14.8 Å². The molecule has 0 radical (unpaired) electrons. The number of benzene rings is 2. The van der Waals surface area contributed by atoms with Crippen LogP contribution in [-0.4, -0.2) is 58.0 Å². The average Bonchev–Trinajstić information content (AvgIpc) is 2.74. The fraction of sp³-hybridized carbons (Fsp3) is 0.263. The Labute approximate surface area is 163 Å². The van der Waals surface area contributed by atoms with Crippen molar-refractivity contribution in [1.82, 2.24) is 4.31 Å². The number of anilines is 1. The highest BCUT2D eigenvalue weighted by atomic mass is 32.2. The maximum absolute atomic E-state index is 12.6. The van der Waals surface area contributed by atoms with E-state index in [4.69, 9.17) is 4.74 Å². The SMILES string of the molecule is COC(=O)c1ccc(C(=O)Nc2ccc(S(=O)(=O)N3CCOCC3)cc2)cc1. The Hall–Kier alpha value is -2.75. The highest BCUT2D eigenvalue weighted by Crippen LogP contribution is 2.20. The zero-order valence-electron chi connectivity index (χ0n) is 15.3. The van der Waals surface area contributed by atoms with Crippen molar-refractivity contribution < 1.29 is 27.5 Å². The molecule has 0 spiro atoms. The highest BCUT2D eigenvalue weighted by molar-refractivity contribution is 7.89. The first-order valence-electron chi connectivity index (χ1n) is 8.59. The van der Waals surface area contributed by atoms with Gasteiger partial charge in [0.2, 0.25) is 10.0 Å². The summed E-state index contributed by atoms with van der Waals surface area (Å²) >= 11 is 0. The number of nitrogens with zero attached hydrogens (tertiary/aromatic N) is 1. The Morgan fingerprint density at radius 2 is 1.54 bits per heavy atom. The number of hydrogen-bond acceptors (Lipinski definition) is 6. The van der Waals surface area contributed by atoms with Gasteiger partial charge in [-0.15, -0.1) is 0 Å². The number of methoxy groups -OCH3 is 1. The van der Waals surface area contributed by atoms with E-state index >= 15 is 0 Å². The van der Waals surface area contributed by atoms with Crippen LogP contribution in [0.5, 0.6) is 0 Å². The van der Waals surface area contributed by atoms with Crippen molar-refractivity contribution in [2.45, 2.75) is 4.90 Å². The van der Waals surface area contributed by atoms with E-state index in [0.29, 0.717) is 43.1 Å². The number of morpholine rings is 1. The number of sulfonamides is 1. The van der Waals surface area contributed by atoms with Crippen LogP contribution in [0.25, 0.3) is 0 Å². The molecule has 0 aromatic heterocycles. The van der Waals surface area contributed by atoms with Gasteiger partial charge in [-0.1, -0.05) is 0 Å². The molecule has 2 aromatic rings. The van der Waals surface area contributed by atoms with Crippen molar-refractivity contribution in [3.63, 3.8) is 0 Å². The lowest BCUT2D eigenvalue weighted by atomic mass is 10.1. The number of esters is 1. The Morgan fingerprint density at radius 3 is 2.11 bits per heavy atom. The predicted octanol–water partition coefficient (Wildman–Crippen LogP) is 1.75. The molecule has 0 aliphatic carbocycles. The summed E-state index contributed by atoms with van der Waals surface area (Å²) in [6, 6.07) is 12.0. The molecule has 1 heterocycles. The van der Waals surface area contributed by atoms with Crippen LogP contribution in [0.4, 0.5) is 5.69 Å². The highest BCUT2D eigenvalue weighted by Gasteiger charge is 2.26. The molecule has 9 heteroatoms. The molecule has 3 rings (SSSR count). The van der Waals surface area contributed by atoms with E-state index in [1.807, 2.05) is 0 Å². The molecule has 2 aromatic carbocycles. The second-order valence-corrected chi connectivity index (χ2v) is 8.00. The van der Waals surface area contributed by atoms with Gasteiger partial charge in [-0.05, 0) is 48.5 Å². The minimum Gasteiger partial charge on any atom is -0.465 e. The third-order valence-corrected chi connectivity index (χ3v) is 6.20. The van der Waals surface area contributed by atoms with Crippen molar-refractivity contribution >= 4 is 27.6 Å². The first-order valence-corrected chi connectivity index (χ1v) is 10.0. The van der Waals surface area contributed by atoms with E-state index in [0.717, 1.165) is 0 Å². The summed E-state index contributed by atoms with van der Waals surface area (Å²) in [6.07, 6.45) is 0. The second-order valence-electron chi connectivity index (χ2n) is 6.06. The Balaban J connectivity index is 1.68. The van der Waals surface area contributed by atoms with Crippen LogP contribution in [-0.2, 0) is 19.5 Å². The van der Waals surface area contributed by atoms with E-state index in [1.54, 1.807) is 0 Å². The molecule has 1 aliphatic rings. The molecular weight excluding hydrogens is 384 g/mol. The van der Waals surface area contributed by atoms with Gasteiger partial charge in [-0.25, -0.2) is 13.2 Å². The molecule has 0 atom stereocenters. The lowest BCUT2D eigenvalue weighted by Gasteiger charge is -2.26. The van der Waals surface area contributed by atoms with Gasteiger partial charge in [0.1, 0.15) is 0 Å². The normalized spacial score (nSPS) is 15.0. The fourth-order valence-electron chi connectivity index (χ4n) is 2.73. The zero-order valence-corrected chi connectivity index (χ0v) is 16.1. The number of carbonyl (C=O) groups excluding carboxylic acids is 2. The molecular formula is C19H20N2O6S. The number of carbonyl (C=O) groups is 2. The fourth-order valence-corrected chi connectivity index (χ4v) is 4.13. The summed E-state index contributed by atoms with van der Waals surface area (Å²) < 4.78 is 36.4. The Kier molecular flexibility index (Phi) is 6.08. The first kappa shape index (κ1) is 20.0. The summed E-state index contributed by atoms with van der Waals surface area (Å²) in [5.41, 5.74) is 1.16. The minimum atomic E-state index is -3.58. The molecule has 1 amide bonds. The molecule has 0 saturated carbocycles. The monoisotopic (exact) mass is 404 g/mol. The molecule has 148 valence electrons. The molecule has 1 aliphatic heterocycles. The molecule has 8 nitrogen and oxygen atoms in total. The summed E-state index contributed by atoms with van der Waals surface area (Å²) in [6.45, 7) is 1.40. The Morgan fingerprint density at radius 1 is 0.964 bits per heavy atom. The third-order valence-electron chi connectivity index (χ3n) is 4.29.